The zero-order valence-corrected chi connectivity index (χ0v) is 18.8. The number of hydrogen-bond acceptors (Lipinski definition) is 2. The second kappa shape index (κ2) is 10.5. The van der Waals surface area contributed by atoms with Crippen LogP contribution in [0.3, 0.4) is 0 Å². The van der Waals surface area contributed by atoms with Gasteiger partial charge < -0.3 is 4.57 Å². The van der Waals surface area contributed by atoms with Gasteiger partial charge >= 0.3 is 0 Å². The van der Waals surface area contributed by atoms with E-state index in [1.165, 1.54) is 11.1 Å². The molecule has 30 heavy (non-hydrogen) atoms. The van der Waals surface area contributed by atoms with Crippen molar-refractivity contribution in [3.8, 4) is 28.1 Å². The van der Waals surface area contributed by atoms with Crippen LogP contribution in [0.5, 0.6) is 0 Å². The molecule has 0 atom stereocenters. The van der Waals surface area contributed by atoms with Gasteiger partial charge in [0, 0.05) is 45.2 Å². The largest absolute Gasteiger partial charge is 0.350 e. The van der Waals surface area contributed by atoms with Crippen molar-refractivity contribution in [3.05, 3.63) is 116 Å². The number of para-hydroxylation sites is 1. The summed E-state index contributed by atoms with van der Waals surface area (Å²) < 4.78 is 3.72. The van der Waals surface area contributed by atoms with E-state index >= 15 is 0 Å². The number of benzene rings is 3. The first-order valence-corrected chi connectivity index (χ1v) is 9.32. The van der Waals surface area contributed by atoms with Gasteiger partial charge in [-0.2, -0.15) is 29.4 Å². The third-order valence-corrected chi connectivity index (χ3v) is 4.33. The molecule has 5 aromatic rings. The Kier molecular flexibility index (Phi) is 7.50. The molecule has 5 heteroatoms. The fraction of sp³-hybridized carbons (Fsp3) is 0.0400. The first-order valence-electron chi connectivity index (χ1n) is 9.32. The molecule has 0 amide bonds. The van der Waals surface area contributed by atoms with Crippen LogP contribution in [0.4, 0.5) is 0 Å². The van der Waals surface area contributed by atoms with E-state index < -0.39 is 0 Å². The molecule has 0 saturated carbocycles. The third kappa shape index (κ3) is 5.41. The van der Waals surface area contributed by atoms with E-state index in [2.05, 4.69) is 46.5 Å². The number of aryl methyl sites for hydroxylation is 1. The fourth-order valence-electron chi connectivity index (χ4n) is 2.91. The molecule has 3 aromatic carbocycles. The summed E-state index contributed by atoms with van der Waals surface area (Å²) in [5.41, 5.74) is 5.35. The Morgan fingerprint density at radius 3 is 2.33 bits per heavy atom. The second-order valence-electron chi connectivity index (χ2n) is 6.48. The number of hydrogen-bond donors (Lipinski definition) is 0. The molecule has 0 N–H and O–H groups in total. The van der Waals surface area contributed by atoms with Gasteiger partial charge in [-0.3, -0.25) is 9.67 Å². The molecule has 0 unspecified atom stereocenters. The monoisotopic (exact) mass is 569 g/mol. The Balaban J connectivity index is 0.000000184. The molecule has 4 nitrogen and oxygen atoms in total. The zero-order valence-electron chi connectivity index (χ0n) is 16.4. The van der Waals surface area contributed by atoms with E-state index in [1.54, 1.807) is 17.2 Å². The van der Waals surface area contributed by atoms with Crippen molar-refractivity contribution in [2.24, 2.45) is 7.05 Å². The van der Waals surface area contributed by atoms with Crippen molar-refractivity contribution in [2.75, 3.05) is 0 Å². The van der Waals surface area contributed by atoms with Gasteiger partial charge in [0.15, 0.2) is 0 Å². The smallest absolute Gasteiger partial charge is 0.0834 e. The molecular weight excluding hydrogens is 549 g/mol. The topological polar surface area (TPSA) is 35.6 Å². The Morgan fingerprint density at radius 2 is 1.67 bits per heavy atom. The maximum absolute atomic E-state index is 4.35. The van der Waals surface area contributed by atoms with Crippen molar-refractivity contribution >= 4 is 0 Å². The van der Waals surface area contributed by atoms with Crippen molar-refractivity contribution < 1.29 is 20.1 Å². The van der Waals surface area contributed by atoms with Gasteiger partial charge in [-0.1, -0.05) is 30.3 Å². The summed E-state index contributed by atoms with van der Waals surface area (Å²) in [5, 5.41) is 4.07. The van der Waals surface area contributed by atoms with Gasteiger partial charge in [-0.05, 0) is 23.5 Å². The summed E-state index contributed by atoms with van der Waals surface area (Å²) in [5.74, 6) is 0. The maximum Gasteiger partial charge on any atom is 0.0834 e. The van der Waals surface area contributed by atoms with Crippen LogP contribution >= 0.6 is 0 Å². The molecule has 5 rings (SSSR count). The quantitative estimate of drug-likeness (QED) is 0.280. The van der Waals surface area contributed by atoms with Crippen LogP contribution in [0, 0.1) is 12.1 Å². The summed E-state index contributed by atoms with van der Waals surface area (Å²) in [7, 11) is 1.97. The van der Waals surface area contributed by atoms with E-state index in [0.717, 1.165) is 16.9 Å². The predicted octanol–water partition coefficient (Wildman–Crippen LogP) is 5.22. The summed E-state index contributed by atoms with van der Waals surface area (Å²) in [6, 6.07) is 32.4. The number of aromatic nitrogens is 4. The maximum atomic E-state index is 4.35. The van der Waals surface area contributed by atoms with Gasteiger partial charge in [0.2, 0.25) is 0 Å². The molecule has 2 aromatic heterocycles. The first kappa shape index (κ1) is 21.4. The molecule has 0 fully saturated rings. The molecular formula is C25H20IrN4-2. The average molecular weight is 569 g/mol. The van der Waals surface area contributed by atoms with Crippen molar-refractivity contribution in [1.82, 2.24) is 19.3 Å². The van der Waals surface area contributed by atoms with E-state index in [9.17, 15) is 0 Å². The normalized spacial score (nSPS) is 9.90. The molecule has 0 bridgehead atoms. The first-order chi connectivity index (χ1) is 14.3. The van der Waals surface area contributed by atoms with Crippen LogP contribution in [-0.2, 0) is 27.2 Å². The van der Waals surface area contributed by atoms with Crippen LogP contribution in [0.25, 0.3) is 28.1 Å². The van der Waals surface area contributed by atoms with Crippen molar-refractivity contribution in [2.45, 2.75) is 0 Å². The van der Waals surface area contributed by atoms with Gasteiger partial charge in [0.1, 0.15) is 0 Å². The fourth-order valence-corrected chi connectivity index (χ4v) is 2.91. The van der Waals surface area contributed by atoms with E-state index in [1.807, 2.05) is 78.6 Å². The molecule has 0 saturated heterocycles. The molecule has 0 aliphatic rings. The minimum Gasteiger partial charge on any atom is -0.350 e. The molecule has 151 valence electrons. The van der Waals surface area contributed by atoms with E-state index in [4.69, 9.17) is 0 Å². The van der Waals surface area contributed by atoms with Gasteiger partial charge in [-0.15, -0.1) is 41.5 Å². The molecule has 0 aliphatic heterocycles. The Labute approximate surface area is 190 Å². The molecule has 2 heterocycles. The number of imidazole rings is 1. The molecule has 1 radical (unpaired) electrons. The minimum atomic E-state index is 0. The predicted molar refractivity (Wildman–Crippen MR) is 115 cm³/mol. The molecule has 0 spiro atoms. The summed E-state index contributed by atoms with van der Waals surface area (Å²) >= 11 is 0. The van der Waals surface area contributed by atoms with Crippen LogP contribution in [0.15, 0.2) is 104 Å². The van der Waals surface area contributed by atoms with Crippen LogP contribution in [-0.4, -0.2) is 19.3 Å². The summed E-state index contributed by atoms with van der Waals surface area (Å²) in [6.45, 7) is 0. The van der Waals surface area contributed by atoms with E-state index in [0.29, 0.717) is 0 Å². The van der Waals surface area contributed by atoms with Crippen molar-refractivity contribution in [1.29, 1.82) is 0 Å². The second-order valence-corrected chi connectivity index (χ2v) is 6.48. The average Bonchev–Trinajstić information content (AvgIpc) is 3.48. The number of rotatable bonds is 3. The Bertz CT molecular complexity index is 1150. The SMILES string of the molecule is Cn1cnc(-c2[c-]ccc(-c3ccccc3)c2)c1.[Ir].[c-]1ccccc1-n1cccn1. The Hall–Kier alpha value is -3.27. The minimum absolute atomic E-state index is 0. The molecule has 0 aliphatic carbocycles. The van der Waals surface area contributed by atoms with Crippen molar-refractivity contribution in [3.63, 3.8) is 0 Å². The third-order valence-electron chi connectivity index (χ3n) is 4.33. The zero-order chi connectivity index (χ0) is 19.9. The van der Waals surface area contributed by atoms with Gasteiger partial charge in [-0.25, -0.2) is 0 Å². The van der Waals surface area contributed by atoms with Crippen LogP contribution < -0.4 is 0 Å². The van der Waals surface area contributed by atoms with E-state index in [-0.39, 0.29) is 20.1 Å². The Morgan fingerprint density at radius 1 is 0.833 bits per heavy atom. The van der Waals surface area contributed by atoms with Gasteiger partial charge in [0.05, 0.1) is 6.33 Å². The van der Waals surface area contributed by atoms with Crippen LogP contribution in [0.2, 0.25) is 0 Å². The number of nitrogens with zero attached hydrogens (tertiary/aromatic N) is 4. The standard InChI is InChI=1S/C16H13N2.C9H7N2.Ir/c1-18-11-16(17-12-18)15-9-5-8-14(10-15)13-6-3-2-4-7-13;1-2-5-9(6-3-1)11-8-4-7-10-11;/h2-8,10-12H,1H3;1-5,7-8H;/q2*-1;. The van der Waals surface area contributed by atoms with Crippen LogP contribution in [0.1, 0.15) is 0 Å². The van der Waals surface area contributed by atoms with Gasteiger partial charge in [0.25, 0.3) is 0 Å². The summed E-state index contributed by atoms with van der Waals surface area (Å²) in [6.07, 6.45) is 7.45. The summed E-state index contributed by atoms with van der Waals surface area (Å²) in [4.78, 5) is 4.35.